The normalized spacial score (nSPS) is 20.9. The van der Waals surface area contributed by atoms with E-state index in [1.54, 1.807) is 0 Å². The van der Waals surface area contributed by atoms with E-state index in [0.717, 1.165) is 28.3 Å². The van der Waals surface area contributed by atoms with E-state index in [9.17, 15) is 0 Å². The third-order valence-electron chi connectivity index (χ3n) is 4.72. The second-order valence-electron chi connectivity index (χ2n) is 6.02. The van der Waals surface area contributed by atoms with E-state index >= 15 is 0 Å². The molecule has 0 radical (unpaired) electrons. The van der Waals surface area contributed by atoms with Crippen LogP contribution < -0.4 is 0 Å². The summed E-state index contributed by atoms with van der Waals surface area (Å²) in [7, 11) is 0. The van der Waals surface area contributed by atoms with Gasteiger partial charge in [0.05, 0.1) is 16.9 Å². The van der Waals surface area contributed by atoms with E-state index in [-0.39, 0.29) is 0 Å². The second kappa shape index (κ2) is 4.23. The van der Waals surface area contributed by atoms with Crippen LogP contribution in [0.3, 0.4) is 0 Å². The molecule has 19 heavy (non-hydrogen) atoms. The zero-order valence-electron chi connectivity index (χ0n) is 10.7. The third kappa shape index (κ3) is 2.02. The number of halogens is 2. The number of aromatic nitrogens is 2. The molecule has 2 fully saturated rings. The van der Waals surface area contributed by atoms with Crippen LogP contribution in [0.25, 0.3) is 11.0 Å². The maximum Gasteiger partial charge on any atom is 0.124 e. The molecule has 0 N–H and O–H groups in total. The van der Waals surface area contributed by atoms with Crippen LogP contribution in [0.15, 0.2) is 22.7 Å². The van der Waals surface area contributed by atoms with Crippen LogP contribution in [0.5, 0.6) is 0 Å². The fourth-order valence-corrected chi connectivity index (χ4v) is 3.85. The van der Waals surface area contributed by atoms with Gasteiger partial charge in [0.2, 0.25) is 0 Å². The number of hydrogen-bond acceptors (Lipinski definition) is 1. The van der Waals surface area contributed by atoms with Crippen molar-refractivity contribution in [2.45, 2.75) is 38.1 Å². The minimum absolute atomic E-state index is 0.493. The van der Waals surface area contributed by atoms with Gasteiger partial charge >= 0.3 is 0 Å². The average Bonchev–Trinajstić information content (AvgIpc) is 3.27. The smallest absolute Gasteiger partial charge is 0.124 e. The van der Waals surface area contributed by atoms with Crippen LogP contribution in [0.1, 0.15) is 31.5 Å². The van der Waals surface area contributed by atoms with Crippen LogP contribution in [0.4, 0.5) is 0 Å². The first-order valence-electron chi connectivity index (χ1n) is 6.92. The Hall–Kier alpha value is -0.540. The Morgan fingerprint density at radius 1 is 1.37 bits per heavy atom. The molecule has 0 aliphatic heterocycles. The highest BCUT2D eigenvalue weighted by Gasteiger charge is 2.54. The SMILES string of the molecule is ClCc1nc2cc(Br)ccc2n1CC1(C2CC2)CC1. The monoisotopic (exact) mass is 338 g/mol. The molecule has 2 aromatic rings. The first-order valence-corrected chi connectivity index (χ1v) is 8.25. The van der Waals surface area contributed by atoms with Gasteiger partial charge in [0.15, 0.2) is 0 Å². The summed E-state index contributed by atoms with van der Waals surface area (Å²) >= 11 is 9.61. The van der Waals surface area contributed by atoms with Crippen LogP contribution in [0.2, 0.25) is 0 Å². The fourth-order valence-electron chi connectivity index (χ4n) is 3.30. The van der Waals surface area contributed by atoms with Gasteiger partial charge in [-0.1, -0.05) is 15.9 Å². The van der Waals surface area contributed by atoms with E-state index in [1.165, 1.54) is 31.2 Å². The fraction of sp³-hybridized carbons (Fsp3) is 0.533. The molecule has 0 spiro atoms. The molecule has 2 aliphatic carbocycles. The van der Waals surface area contributed by atoms with Crippen LogP contribution >= 0.6 is 27.5 Å². The predicted molar refractivity (Wildman–Crippen MR) is 81.4 cm³/mol. The highest BCUT2D eigenvalue weighted by atomic mass is 79.9. The Kier molecular flexibility index (Phi) is 2.72. The van der Waals surface area contributed by atoms with E-state index < -0.39 is 0 Å². The van der Waals surface area contributed by atoms with E-state index in [1.807, 2.05) is 0 Å². The molecule has 2 nitrogen and oxygen atoms in total. The second-order valence-corrected chi connectivity index (χ2v) is 7.20. The zero-order valence-corrected chi connectivity index (χ0v) is 13.0. The third-order valence-corrected chi connectivity index (χ3v) is 5.45. The van der Waals surface area contributed by atoms with Crippen molar-refractivity contribution in [3.05, 3.63) is 28.5 Å². The van der Waals surface area contributed by atoms with E-state index in [4.69, 9.17) is 11.6 Å². The average molecular weight is 340 g/mol. The lowest BCUT2D eigenvalue weighted by atomic mass is 10.0. The van der Waals surface area contributed by atoms with Crippen LogP contribution in [0, 0.1) is 11.3 Å². The number of fused-ring (bicyclic) bond motifs is 1. The molecular formula is C15H16BrClN2. The summed E-state index contributed by atoms with van der Waals surface area (Å²) in [5.74, 6) is 2.47. The number of alkyl halides is 1. The van der Waals surface area contributed by atoms with Gasteiger partial charge in [-0.15, -0.1) is 11.6 Å². The molecule has 4 rings (SSSR count). The van der Waals surface area contributed by atoms with Gasteiger partial charge in [0.1, 0.15) is 5.82 Å². The Morgan fingerprint density at radius 3 is 2.79 bits per heavy atom. The van der Waals surface area contributed by atoms with Gasteiger partial charge in [-0.25, -0.2) is 4.98 Å². The van der Waals surface area contributed by atoms with Crippen LogP contribution in [-0.4, -0.2) is 9.55 Å². The molecular weight excluding hydrogens is 324 g/mol. The van der Waals surface area contributed by atoms with Crippen molar-refractivity contribution in [1.29, 1.82) is 0 Å². The number of hydrogen-bond donors (Lipinski definition) is 0. The molecule has 2 aliphatic rings. The maximum absolute atomic E-state index is 6.09. The van der Waals surface area contributed by atoms with Gasteiger partial charge in [0, 0.05) is 11.0 Å². The summed E-state index contributed by atoms with van der Waals surface area (Å²) in [6, 6.07) is 6.33. The van der Waals surface area contributed by atoms with Crippen molar-refractivity contribution in [3.63, 3.8) is 0 Å². The molecule has 0 amide bonds. The van der Waals surface area contributed by atoms with Gasteiger partial charge in [-0.05, 0) is 55.2 Å². The van der Waals surface area contributed by atoms with E-state index in [2.05, 4.69) is 43.7 Å². The minimum Gasteiger partial charge on any atom is -0.326 e. The van der Waals surface area contributed by atoms with Gasteiger partial charge in [-0.3, -0.25) is 0 Å². The largest absolute Gasteiger partial charge is 0.326 e. The van der Waals surface area contributed by atoms with Crippen molar-refractivity contribution in [1.82, 2.24) is 9.55 Å². The Labute approximate surface area is 126 Å². The molecule has 4 heteroatoms. The Balaban J connectivity index is 1.78. The van der Waals surface area contributed by atoms with Crippen molar-refractivity contribution in [2.75, 3.05) is 0 Å². The maximum atomic E-state index is 6.09. The summed E-state index contributed by atoms with van der Waals surface area (Å²) in [6.07, 6.45) is 5.62. The molecule has 0 bridgehead atoms. The molecule has 100 valence electrons. The minimum atomic E-state index is 0.493. The number of imidazole rings is 1. The lowest BCUT2D eigenvalue weighted by molar-refractivity contribution is 0.371. The number of rotatable bonds is 4. The lowest BCUT2D eigenvalue weighted by Crippen LogP contribution is -2.15. The molecule has 1 aromatic heterocycles. The first kappa shape index (κ1) is 12.2. The molecule has 2 saturated carbocycles. The molecule has 1 aromatic carbocycles. The lowest BCUT2D eigenvalue weighted by Gasteiger charge is -2.17. The standard InChI is InChI=1S/C15H16BrClN2/c16-11-3-4-13-12(7-11)18-14(8-17)19(13)9-15(5-6-15)10-1-2-10/h3-4,7,10H,1-2,5-6,8-9H2. The number of benzene rings is 1. The Morgan fingerprint density at radius 2 is 2.16 bits per heavy atom. The van der Waals surface area contributed by atoms with Crippen LogP contribution in [-0.2, 0) is 12.4 Å². The highest BCUT2D eigenvalue weighted by Crippen LogP contribution is 2.62. The highest BCUT2D eigenvalue weighted by molar-refractivity contribution is 9.10. The summed E-state index contributed by atoms with van der Waals surface area (Å²) in [4.78, 5) is 4.68. The molecule has 0 atom stereocenters. The molecule has 1 heterocycles. The van der Waals surface area contributed by atoms with Gasteiger partial charge < -0.3 is 4.57 Å². The van der Waals surface area contributed by atoms with E-state index in [0.29, 0.717) is 11.3 Å². The number of nitrogens with zero attached hydrogens (tertiary/aromatic N) is 2. The van der Waals surface area contributed by atoms with Gasteiger partial charge in [-0.2, -0.15) is 0 Å². The Bertz CT molecular complexity index is 641. The van der Waals surface area contributed by atoms with Gasteiger partial charge in [0.25, 0.3) is 0 Å². The first-order chi connectivity index (χ1) is 9.22. The summed E-state index contributed by atoms with van der Waals surface area (Å²) in [5, 5.41) is 0. The quantitative estimate of drug-likeness (QED) is 0.736. The topological polar surface area (TPSA) is 17.8 Å². The van der Waals surface area contributed by atoms with Crippen molar-refractivity contribution < 1.29 is 0 Å². The summed E-state index contributed by atoms with van der Waals surface area (Å²) in [6.45, 7) is 1.11. The molecule has 0 unspecified atom stereocenters. The van der Waals surface area contributed by atoms with Crippen molar-refractivity contribution in [2.24, 2.45) is 11.3 Å². The zero-order chi connectivity index (χ0) is 13.0. The summed E-state index contributed by atoms with van der Waals surface area (Å²) in [5.41, 5.74) is 2.85. The predicted octanol–water partition coefficient (Wildman–Crippen LogP) is 4.73. The van der Waals surface area contributed by atoms with Crippen molar-refractivity contribution >= 4 is 38.6 Å². The summed E-state index contributed by atoms with van der Waals surface area (Å²) < 4.78 is 3.44. The molecule has 0 saturated heterocycles. The van der Waals surface area contributed by atoms with Crippen molar-refractivity contribution in [3.8, 4) is 0 Å².